The number of hydrogen-bond donors (Lipinski definition) is 4. The Labute approximate surface area is 150 Å². The van der Waals surface area contributed by atoms with Gasteiger partial charge in [0.2, 0.25) is 0 Å². The van der Waals surface area contributed by atoms with E-state index in [0.717, 1.165) is 43.7 Å². The number of nitrogens with two attached hydrogens (primary N) is 2. The van der Waals surface area contributed by atoms with E-state index < -0.39 is 0 Å². The van der Waals surface area contributed by atoms with E-state index in [1.165, 1.54) is 19.1 Å². The molecular weight excluding hydrogens is 314 g/mol. The Morgan fingerprint density at radius 1 is 1.08 bits per heavy atom. The molecule has 1 aromatic carbocycles. The zero-order valence-corrected chi connectivity index (χ0v) is 14.8. The third-order valence-corrected chi connectivity index (χ3v) is 3.50. The molecule has 0 unspecified atom stereocenters. The Hall–Kier alpha value is -2.52. The molecule has 1 rings (SSSR count). The quantitative estimate of drug-likeness (QED) is 0.201. The fraction of sp³-hybridized carbons (Fsp3) is 0.474. The standard InChI is InChI=1S/C19H29N5O/c20-16-17-8-10-18(11-9-17)25-15-7-6-13-23-12-4-2-1-3-5-14-24-19(21)22/h8-11,16,20,23H,1-5,12-15H2,(H4,21,22,24). The molecule has 25 heavy (non-hydrogen) atoms. The minimum atomic E-state index is 0.177. The normalized spacial score (nSPS) is 9.76. The van der Waals surface area contributed by atoms with Crippen molar-refractivity contribution in [3.8, 4) is 17.6 Å². The van der Waals surface area contributed by atoms with E-state index in [2.05, 4.69) is 22.2 Å². The van der Waals surface area contributed by atoms with E-state index in [0.29, 0.717) is 13.2 Å². The molecule has 0 atom stereocenters. The lowest BCUT2D eigenvalue weighted by Gasteiger charge is -2.02. The first kappa shape index (κ1) is 20.5. The number of rotatable bonds is 12. The molecular formula is C19H29N5O. The first-order valence-electron chi connectivity index (χ1n) is 8.67. The zero-order chi connectivity index (χ0) is 18.2. The summed E-state index contributed by atoms with van der Waals surface area (Å²) in [6.45, 7) is 2.77. The minimum Gasteiger partial charge on any atom is -0.481 e. The lowest BCUT2D eigenvalue weighted by Crippen LogP contribution is -2.22. The average molecular weight is 343 g/mol. The van der Waals surface area contributed by atoms with Gasteiger partial charge in [-0.1, -0.05) is 31.1 Å². The maximum Gasteiger partial charge on any atom is 0.185 e. The van der Waals surface area contributed by atoms with Gasteiger partial charge in [-0.2, -0.15) is 0 Å². The van der Waals surface area contributed by atoms with Crippen LogP contribution in [0.3, 0.4) is 0 Å². The van der Waals surface area contributed by atoms with E-state index in [4.69, 9.17) is 21.6 Å². The summed E-state index contributed by atoms with van der Waals surface area (Å²) in [6, 6.07) is 7.38. The van der Waals surface area contributed by atoms with Crippen LogP contribution in [0.4, 0.5) is 0 Å². The maximum atomic E-state index is 7.13. The predicted molar refractivity (Wildman–Crippen MR) is 104 cm³/mol. The predicted octanol–water partition coefficient (Wildman–Crippen LogP) is 1.88. The van der Waals surface area contributed by atoms with Crippen molar-refractivity contribution in [3.05, 3.63) is 29.8 Å². The van der Waals surface area contributed by atoms with Crippen LogP contribution in [0, 0.1) is 17.3 Å². The van der Waals surface area contributed by atoms with Crippen molar-refractivity contribution in [2.45, 2.75) is 32.1 Å². The molecule has 0 saturated heterocycles. The summed E-state index contributed by atoms with van der Waals surface area (Å²) in [4.78, 5) is 3.96. The highest BCUT2D eigenvalue weighted by atomic mass is 16.5. The topological polar surface area (TPSA) is 110 Å². The third kappa shape index (κ3) is 11.6. The highest BCUT2D eigenvalue weighted by Crippen LogP contribution is 2.10. The average Bonchev–Trinajstić information content (AvgIpc) is 2.62. The number of benzene rings is 1. The molecule has 0 aliphatic carbocycles. The lowest BCUT2D eigenvalue weighted by atomic mass is 10.1. The second-order valence-electron chi connectivity index (χ2n) is 5.61. The van der Waals surface area contributed by atoms with E-state index >= 15 is 0 Å². The number of hydrogen-bond acceptors (Lipinski definition) is 4. The van der Waals surface area contributed by atoms with E-state index in [-0.39, 0.29) is 5.96 Å². The molecule has 0 amide bonds. The molecule has 0 aliphatic rings. The van der Waals surface area contributed by atoms with Gasteiger partial charge in [-0.05, 0) is 49.2 Å². The summed E-state index contributed by atoms with van der Waals surface area (Å²) in [5.41, 5.74) is 11.4. The second kappa shape index (κ2) is 13.9. The molecule has 6 N–H and O–H groups in total. The minimum absolute atomic E-state index is 0.177. The van der Waals surface area contributed by atoms with Crippen molar-refractivity contribution in [1.29, 1.82) is 5.41 Å². The van der Waals surface area contributed by atoms with Gasteiger partial charge in [0.1, 0.15) is 12.4 Å². The smallest absolute Gasteiger partial charge is 0.185 e. The molecule has 0 spiro atoms. The van der Waals surface area contributed by atoms with Gasteiger partial charge < -0.3 is 26.9 Å². The van der Waals surface area contributed by atoms with Crippen molar-refractivity contribution in [2.75, 3.05) is 26.2 Å². The monoisotopic (exact) mass is 343 g/mol. The fourth-order valence-corrected chi connectivity index (χ4v) is 2.14. The Morgan fingerprint density at radius 2 is 1.80 bits per heavy atom. The van der Waals surface area contributed by atoms with Crippen LogP contribution in [0.5, 0.6) is 5.75 Å². The number of unbranched alkanes of at least 4 members (excludes halogenated alkanes) is 4. The summed E-state index contributed by atoms with van der Waals surface area (Å²) in [7, 11) is 0. The van der Waals surface area contributed by atoms with Crippen LogP contribution < -0.4 is 21.5 Å². The van der Waals surface area contributed by atoms with Gasteiger partial charge in [0.25, 0.3) is 0 Å². The van der Waals surface area contributed by atoms with Crippen molar-refractivity contribution in [1.82, 2.24) is 5.32 Å². The molecule has 0 aliphatic heterocycles. The highest BCUT2D eigenvalue weighted by molar-refractivity contribution is 5.77. The zero-order valence-electron chi connectivity index (χ0n) is 14.8. The summed E-state index contributed by atoms with van der Waals surface area (Å²) >= 11 is 0. The fourth-order valence-electron chi connectivity index (χ4n) is 2.14. The van der Waals surface area contributed by atoms with Crippen LogP contribution in [-0.4, -0.2) is 38.4 Å². The van der Waals surface area contributed by atoms with Crippen molar-refractivity contribution < 1.29 is 4.74 Å². The molecule has 0 aromatic heterocycles. The van der Waals surface area contributed by atoms with Crippen LogP contribution in [-0.2, 0) is 0 Å². The molecule has 0 bridgehead atoms. The largest absolute Gasteiger partial charge is 0.481 e. The molecule has 0 fully saturated rings. The summed E-state index contributed by atoms with van der Waals surface area (Å²) < 4.78 is 5.51. The van der Waals surface area contributed by atoms with Gasteiger partial charge in [-0.3, -0.25) is 4.99 Å². The Bertz CT molecular complexity index is 568. The number of aliphatic imine (C=N–C) groups is 1. The van der Waals surface area contributed by atoms with Gasteiger partial charge in [-0.25, -0.2) is 0 Å². The third-order valence-electron chi connectivity index (χ3n) is 3.50. The number of ether oxygens (including phenoxy) is 1. The Kier molecular flexibility index (Phi) is 11.4. The number of nitrogens with one attached hydrogen (secondary N) is 2. The van der Waals surface area contributed by atoms with Crippen molar-refractivity contribution >= 4 is 12.2 Å². The summed E-state index contributed by atoms with van der Waals surface area (Å²) in [5, 5.41) is 10.4. The van der Waals surface area contributed by atoms with E-state index in [1.807, 2.05) is 24.3 Å². The summed E-state index contributed by atoms with van der Waals surface area (Å²) in [5.74, 6) is 6.98. The first-order valence-corrected chi connectivity index (χ1v) is 8.67. The lowest BCUT2D eigenvalue weighted by molar-refractivity contribution is 0.370. The van der Waals surface area contributed by atoms with Crippen molar-refractivity contribution in [2.24, 2.45) is 16.5 Å². The van der Waals surface area contributed by atoms with Gasteiger partial charge >= 0.3 is 0 Å². The molecule has 6 heteroatoms. The molecule has 1 aromatic rings. The number of nitrogens with zero attached hydrogens (tertiary/aromatic N) is 1. The molecule has 136 valence electrons. The van der Waals surface area contributed by atoms with Gasteiger partial charge in [0.05, 0.1) is 6.54 Å². The number of guanidine groups is 1. The van der Waals surface area contributed by atoms with Gasteiger partial charge in [0, 0.05) is 12.8 Å². The second-order valence-corrected chi connectivity index (χ2v) is 5.61. The van der Waals surface area contributed by atoms with Crippen LogP contribution >= 0.6 is 0 Å². The molecule has 0 saturated carbocycles. The first-order chi connectivity index (χ1) is 12.2. The SMILES string of the molecule is N=Cc1ccc(OCC#CCNCCCCCCCN=C(N)N)cc1. The maximum absolute atomic E-state index is 7.13. The van der Waals surface area contributed by atoms with Crippen molar-refractivity contribution in [3.63, 3.8) is 0 Å². The molecule has 0 radical (unpaired) electrons. The molecule has 0 heterocycles. The van der Waals surface area contributed by atoms with Crippen LogP contribution in [0.25, 0.3) is 0 Å². The van der Waals surface area contributed by atoms with Gasteiger partial charge in [0.15, 0.2) is 5.96 Å². The summed E-state index contributed by atoms with van der Waals surface area (Å²) in [6.07, 6.45) is 7.08. The van der Waals surface area contributed by atoms with Crippen LogP contribution in [0.15, 0.2) is 29.3 Å². The van der Waals surface area contributed by atoms with E-state index in [9.17, 15) is 0 Å². The Morgan fingerprint density at radius 3 is 2.52 bits per heavy atom. The van der Waals surface area contributed by atoms with Crippen LogP contribution in [0.1, 0.15) is 37.7 Å². The highest BCUT2D eigenvalue weighted by Gasteiger charge is 1.92. The van der Waals surface area contributed by atoms with E-state index in [1.54, 1.807) is 0 Å². The van der Waals surface area contributed by atoms with Crippen LogP contribution in [0.2, 0.25) is 0 Å². The van der Waals surface area contributed by atoms with Gasteiger partial charge in [-0.15, -0.1) is 0 Å². The Balaban J connectivity index is 1.92. The molecule has 6 nitrogen and oxygen atoms in total.